The van der Waals surface area contributed by atoms with Crippen LogP contribution in [0.25, 0.3) is 0 Å². The van der Waals surface area contributed by atoms with E-state index in [-0.39, 0.29) is 12.1 Å². The number of nitrogens with zero attached hydrogens (tertiary/aromatic N) is 1. The molecule has 1 aromatic rings. The van der Waals surface area contributed by atoms with Crippen LogP contribution >= 0.6 is 11.3 Å². The molecule has 0 spiro atoms. The largest absolute Gasteiger partial charge is 0.375 e. The summed E-state index contributed by atoms with van der Waals surface area (Å²) in [5.41, 5.74) is 6.62. The minimum Gasteiger partial charge on any atom is -0.375 e. The van der Waals surface area contributed by atoms with Crippen LogP contribution in [-0.4, -0.2) is 12.1 Å². The Balaban J connectivity index is 2.77. The maximum atomic E-state index is 5.67. The van der Waals surface area contributed by atoms with Crippen molar-refractivity contribution in [2.45, 2.75) is 26.0 Å². The molecule has 0 aliphatic carbocycles. The standard InChI is InChI=1S/C8H14N2OS/c1-5(9)7-4-12-8(10-7)6(2)11-3/h4-6H,9H2,1-3H3. The zero-order chi connectivity index (χ0) is 9.14. The summed E-state index contributed by atoms with van der Waals surface area (Å²) in [5.74, 6) is 0. The molecule has 0 bridgehead atoms. The summed E-state index contributed by atoms with van der Waals surface area (Å²) in [6, 6.07) is 0.0130. The number of ether oxygens (including phenoxy) is 1. The van der Waals surface area contributed by atoms with Crippen molar-refractivity contribution in [1.82, 2.24) is 4.98 Å². The fourth-order valence-electron chi connectivity index (χ4n) is 0.797. The van der Waals surface area contributed by atoms with Crippen molar-refractivity contribution < 1.29 is 4.74 Å². The molecule has 68 valence electrons. The van der Waals surface area contributed by atoms with Crippen LogP contribution in [0.2, 0.25) is 0 Å². The van der Waals surface area contributed by atoms with E-state index in [9.17, 15) is 0 Å². The second kappa shape index (κ2) is 3.98. The first kappa shape index (κ1) is 9.64. The van der Waals surface area contributed by atoms with E-state index in [0.717, 1.165) is 10.7 Å². The Kier molecular flexibility index (Phi) is 3.20. The number of nitrogens with two attached hydrogens (primary N) is 1. The molecule has 0 aliphatic heterocycles. The lowest BCUT2D eigenvalue weighted by Crippen LogP contribution is -2.05. The summed E-state index contributed by atoms with van der Waals surface area (Å²) in [5, 5.41) is 2.97. The molecule has 2 N–H and O–H groups in total. The molecule has 0 saturated heterocycles. The SMILES string of the molecule is COC(C)c1nc(C(C)N)cs1. The van der Waals surface area contributed by atoms with E-state index < -0.39 is 0 Å². The lowest BCUT2D eigenvalue weighted by molar-refractivity contribution is 0.119. The molecule has 0 aromatic carbocycles. The van der Waals surface area contributed by atoms with Gasteiger partial charge in [-0.3, -0.25) is 0 Å². The average Bonchev–Trinajstić information content (AvgIpc) is 2.51. The molecule has 1 rings (SSSR count). The highest BCUT2D eigenvalue weighted by Gasteiger charge is 2.10. The Labute approximate surface area is 76.6 Å². The van der Waals surface area contributed by atoms with Gasteiger partial charge in [-0.25, -0.2) is 4.98 Å². The number of aromatic nitrogens is 1. The van der Waals surface area contributed by atoms with Crippen LogP contribution in [0.3, 0.4) is 0 Å². The van der Waals surface area contributed by atoms with Gasteiger partial charge in [-0.2, -0.15) is 0 Å². The van der Waals surface area contributed by atoms with Crippen molar-refractivity contribution in [3.05, 3.63) is 16.1 Å². The van der Waals surface area contributed by atoms with E-state index in [1.807, 2.05) is 19.2 Å². The van der Waals surface area contributed by atoms with Crippen LogP contribution in [0.4, 0.5) is 0 Å². The molecule has 0 saturated carbocycles. The van der Waals surface area contributed by atoms with Gasteiger partial charge in [0.25, 0.3) is 0 Å². The predicted molar refractivity (Wildman–Crippen MR) is 50.1 cm³/mol. The fraction of sp³-hybridized carbons (Fsp3) is 0.625. The molecule has 0 radical (unpaired) electrons. The lowest BCUT2D eigenvalue weighted by Gasteiger charge is -2.04. The maximum Gasteiger partial charge on any atom is 0.122 e. The first-order valence-electron chi connectivity index (χ1n) is 3.89. The molecule has 2 atom stereocenters. The summed E-state index contributed by atoms with van der Waals surface area (Å²) in [6.45, 7) is 3.90. The summed E-state index contributed by atoms with van der Waals surface area (Å²) in [7, 11) is 1.68. The van der Waals surface area contributed by atoms with E-state index in [1.54, 1.807) is 18.4 Å². The summed E-state index contributed by atoms with van der Waals surface area (Å²) in [4.78, 5) is 4.35. The van der Waals surface area contributed by atoms with Crippen molar-refractivity contribution in [3.8, 4) is 0 Å². The molecule has 1 aromatic heterocycles. The Morgan fingerprint density at radius 1 is 1.58 bits per heavy atom. The molecule has 0 aliphatic rings. The molecule has 0 amide bonds. The second-order valence-electron chi connectivity index (χ2n) is 2.78. The zero-order valence-electron chi connectivity index (χ0n) is 7.57. The summed E-state index contributed by atoms with van der Waals surface area (Å²) >= 11 is 1.59. The summed E-state index contributed by atoms with van der Waals surface area (Å²) < 4.78 is 5.14. The van der Waals surface area contributed by atoms with E-state index in [2.05, 4.69) is 4.98 Å². The first-order chi connectivity index (χ1) is 5.65. The van der Waals surface area contributed by atoms with E-state index in [4.69, 9.17) is 10.5 Å². The Bertz CT molecular complexity index is 247. The van der Waals surface area contributed by atoms with Gasteiger partial charge < -0.3 is 10.5 Å². The van der Waals surface area contributed by atoms with Gasteiger partial charge in [-0.1, -0.05) is 0 Å². The van der Waals surface area contributed by atoms with Crippen molar-refractivity contribution in [3.63, 3.8) is 0 Å². The van der Waals surface area contributed by atoms with Crippen molar-refractivity contribution in [2.75, 3.05) is 7.11 Å². The van der Waals surface area contributed by atoms with Gasteiger partial charge >= 0.3 is 0 Å². The Morgan fingerprint density at radius 3 is 2.67 bits per heavy atom. The van der Waals surface area contributed by atoms with Crippen LogP contribution in [0.1, 0.15) is 36.7 Å². The molecule has 0 fully saturated rings. The average molecular weight is 186 g/mol. The topological polar surface area (TPSA) is 48.1 Å². The summed E-state index contributed by atoms with van der Waals surface area (Å²) in [6.07, 6.45) is 0.0718. The minimum atomic E-state index is 0.0130. The maximum absolute atomic E-state index is 5.67. The van der Waals surface area contributed by atoms with Gasteiger partial charge in [0.2, 0.25) is 0 Å². The number of rotatable bonds is 3. The van der Waals surface area contributed by atoms with E-state index in [1.165, 1.54) is 0 Å². The second-order valence-corrected chi connectivity index (χ2v) is 3.67. The predicted octanol–water partition coefficient (Wildman–Crippen LogP) is 1.87. The number of hydrogen-bond donors (Lipinski definition) is 1. The van der Waals surface area contributed by atoms with Crippen LogP contribution in [0.15, 0.2) is 5.38 Å². The highest BCUT2D eigenvalue weighted by atomic mass is 32.1. The van der Waals surface area contributed by atoms with Crippen LogP contribution in [0, 0.1) is 0 Å². The van der Waals surface area contributed by atoms with Gasteiger partial charge in [0.15, 0.2) is 0 Å². The number of methoxy groups -OCH3 is 1. The van der Waals surface area contributed by atoms with Crippen molar-refractivity contribution in [2.24, 2.45) is 5.73 Å². The number of hydrogen-bond acceptors (Lipinski definition) is 4. The van der Waals surface area contributed by atoms with Gasteiger partial charge in [-0.15, -0.1) is 11.3 Å². The van der Waals surface area contributed by atoms with Crippen molar-refractivity contribution >= 4 is 11.3 Å². The Morgan fingerprint density at radius 2 is 2.25 bits per heavy atom. The normalized spacial score (nSPS) is 16.0. The quantitative estimate of drug-likeness (QED) is 0.784. The molecule has 1 heterocycles. The Hall–Kier alpha value is -0.450. The van der Waals surface area contributed by atoms with Crippen LogP contribution < -0.4 is 5.73 Å². The molecular formula is C8H14N2OS. The minimum absolute atomic E-state index is 0.0130. The van der Waals surface area contributed by atoms with Gasteiger partial charge in [-0.05, 0) is 13.8 Å². The molecule has 3 nitrogen and oxygen atoms in total. The monoisotopic (exact) mass is 186 g/mol. The lowest BCUT2D eigenvalue weighted by atomic mass is 10.3. The highest BCUT2D eigenvalue weighted by Crippen LogP contribution is 2.22. The third kappa shape index (κ3) is 2.03. The van der Waals surface area contributed by atoms with E-state index in [0.29, 0.717) is 0 Å². The fourth-order valence-corrected chi connectivity index (χ4v) is 1.75. The molecular weight excluding hydrogens is 172 g/mol. The number of thiazole rings is 1. The van der Waals surface area contributed by atoms with Crippen LogP contribution in [0.5, 0.6) is 0 Å². The highest BCUT2D eigenvalue weighted by molar-refractivity contribution is 7.09. The third-order valence-corrected chi connectivity index (χ3v) is 2.73. The molecule has 12 heavy (non-hydrogen) atoms. The third-order valence-electron chi connectivity index (χ3n) is 1.71. The van der Waals surface area contributed by atoms with Crippen LogP contribution in [-0.2, 0) is 4.74 Å². The molecule has 2 unspecified atom stereocenters. The first-order valence-corrected chi connectivity index (χ1v) is 4.76. The smallest absolute Gasteiger partial charge is 0.122 e. The van der Waals surface area contributed by atoms with Gasteiger partial charge in [0.1, 0.15) is 11.1 Å². The van der Waals surface area contributed by atoms with Crippen molar-refractivity contribution in [1.29, 1.82) is 0 Å². The van der Waals surface area contributed by atoms with Gasteiger partial charge in [0, 0.05) is 18.5 Å². The van der Waals surface area contributed by atoms with Gasteiger partial charge in [0.05, 0.1) is 5.69 Å². The zero-order valence-corrected chi connectivity index (χ0v) is 8.39. The molecule has 4 heteroatoms. The van der Waals surface area contributed by atoms with E-state index >= 15 is 0 Å².